The van der Waals surface area contributed by atoms with Gasteiger partial charge in [0.15, 0.2) is 0 Å². The van der Waals surface area contributed by atoms with E-state index < -0.39 is 0 Å². The summed E-state index contributed by atoms with van der Waals surface area (Å²) in [6.07, 6.45) is 6.17. The second kappa shape index (κ2) is 11.0. The minimum Gasteiger partial charge on any atom is -0.377 e. The van der Waals surface area contributed by atoms with E-state index in [4.69, 9.17) is 4.74 Å². The zero-order chi connectivity index (χ0) is 13.8. The van der Waals surface area contributed by atoms with Gasteiger partial charge in [-0.1, -0.05) is 57.4 Å². The molecule has 0 radical (unpaired) electrons. The van der Waals surface area contributed by atoms with E-state index in [9.17, 15) is 0 Å². The van der Waals surface area contributed by atoms with E-state index >= 15 is 0 Å². The molecule has 1 aromatic carbocycles. The summed E-state index contributed by atoms with van der Waals surface area (Å²) in [6, 6.07) is 8.62. The number of nitrogens with one attached hydrogen (secondary N) is 1. The van der Waals surface area contributed by atoms with Gasteiger partial charge in [0.25, 0.3) is 0 Å². The van der Waals surface area contributed by atoms with Crippen LogP contribution >= 0.6 is 0 Å². The lowest BCUT2D eigenvalue weighted by atomic mass is 10.1. The SMILES string of the molecule is CCCCCCOCc1ccccc1CCNCC. The molecule has 1 aromatic rings. The molecule has 19 heavy (non-hydrogen) atoms. The standard InChI is InChI=1S/C17H29NO/c1-3-5-6-9-14-19-15-17-11-8-7-10-16(17)12-13-18-4-2/h7-8,10-11,18H,3-6,9,12-15H2,1-2H3. The zero-order valence-corrected chi connectivity index (χ0v) is 12.6. The van der Waals surface area contributed by atoms with Crippen LogP contribution in [0.3, 0.4) is 0 Å². The van der Waals surface area contributed by atoms with Crippen LogP contribution in [0.2, 0.25) is 0 Å². The zero-order valence-electron chi connectivity index (χ0n) is 12.6. The molecule has 0 bridgehead atoms. The molecule has 2 heteroatoms. The Morgan fingerprint density at radius 3 is 2.53 bits per heavy atom. The molecule has 0 saturated carbocycles. The first-order chi connectivity index (χ1) is 9.38. The van der Waals surface area contributed by atoms with E-state index in [-0.39, 0.29) is 0 Å². The lowest BCUT2D eigenvalue weighted by molar-refractivity contribution is 0.116. The Labute approximate surface area is 118 Å². The van der Waals surface area contributed by atoms with E-state index in [1.165, 1.54) is 36.8 Å². The number of ether oxygens (including phenoxy) is 1. The fraction of sp³-hybridized carbons (Fsp3) is 0.647. The van der Waals surface area contributed by atoms with Crippen molar-refractivity contribution in [3.8, 4) is 0 Å². The lowest BCUT2D eigenvalue weighted by Gasteiger charge is -2.10. The third kappa shape index (κ3) is 7.34. The molecule has 0 fully saturated rings. The average Bonchev–Trinajstić information content (AvgIpc) is 2.44. The smallest absolute Gasteiger partial charge is 0.0719 e. The van der Waals surface area contributed by atoms with Gasteiger partial charge in [-0.3, -0.25) is 0 Å². The molecular weight excluding hydrogens is 234 g/mol. The van der Waals surface area contributed by atoms with E-state index in [0.717, 1.165) is 32.7 Å². The Balaban J connectivity index is 2.27. The summed E-state index contributed by atoms with van der Waals surface area (Å²) in [5.41, 5.74) is 2.76. The number of likely N-dealkylation sites (N-methyl/N-ethyl adjacent to an activating group) is 1. The summed E-state index contributed by atoms with van der Waals surface area (Å²) < 4.78 is 5.79. The highest BCUT2D eigenvalue weighted by Crippen LogP contribution is 2.11. The first-order valence-corrected chi connectivity index (χ1v) is 7.73. The topological polar surface area (TPSA) is 21.3 Å². The van der Waals surface area contributed by atoms with Gasteiger partial charge in [-0.15, -0.1) is 0 Å². The van der Waals surface area contributed by atoms with Crippen LogP contribution in [0.4, 0.5) is 0 Å². The summed E-state index contributed by atoms with van der Waals surface area (Å²) >= 11 is 0. The fourth-order valence-corrected chi connectivity index (χ4v) is 2.16. The maximum atomic E-state index is 5.79. The number of hydrogen-bond acceptors (Lipinski definition) is 2. The van der Waals surface area contributed by atoms with Crippen molar-refractivity contribution < 1.29 is 4.74 Å². The van der Waals surface area contributed by atoms with Crippen LogP contribution < -0.4 is 5.32 Å². The van der Waals surface area contributed by atoms with Gasteiger partial charge in [-0.05, 0) is 37.1 Å². The van der Waals surface area contributed by atoms with Crippen LogP contribution in [0.5, 0.6) is 0 Å². The average molecular weight is 263 g/mol. The van der Waals surface area contributed by atoms with Gasteiger partial charge < -0.3 is 10.1 Å². The summed E-state index contributed by atoms with van der Waals surface area (Å²) in [4.78, 5) is 0. The van der Waals surface area contributed by atoms with Crippen molar-refractivity contribution in [2.75, 3.05) is 19.7 Å². The third-order valence-corrected chi connectivity index (χ3v) is 3.34. The summed E-state index contributed by atoms with van der Waals surface area (Å²) in [5, 5.41) is 3.37. The molecule has 0 amide bonds. The van der Waals surface area contributed by atoms with Gasteiger partial charge in [0.2, 0.25) is 0 Å². The Bertz CT molecular complexity index is 325. The fourth-order valence-electron chi connectivity index (χ4n) is 2.16. The first kappa shape index (κ1) is 16.2. The highest BCUT2D eigenvalue weighted by molar-refractivity contribution is 5.26. The van der Waals surface area contributed by atoms with Crippen molar-refractivity contribution in [3.63, 3.8) is 0 Å². The molecule has 0 atom stereocenters. The Morgan fingerprint density at radius 2 is 1.79 bits per heavy atom. The van der Waals surface area contributed by atoms with Crippen molar-refractivity contribution in [1.29, 1.82) is 0 Å². The second-order valence-corrected chi connectivity index (χ2v) is 4.99. The minimum atomic E-state index is 0.758. The largest absolute Gasteiger partial charge is 0.377 e. The lowest BCUT2D eigenvalue weighted by Crippen LogP contribution is -2.16. The maximum Gasteiger partial charge on any atom is 0.0719 e. The van der Waals surface area contributed by atoms with Gasteiger partial charge in [0.1, 0.15) is 0 Å². The number of rotatable bonds is 11. The van der Waals surface area contributed by atoms with Crippen LogP contribution in [-0.2, 0) is 17.8 Å². The number of unbranched alkanes of at least 4 members (excludes halogenated alkanes) is 3. The van der Waals surface area contributed by atoms with E-state index in [1.54, 1.807) is 0 Å². The summed E-state index contributed by atoms with van der Waals surface area (Å²) in [7, 11) is 0. The summed E-state index contributed by atoms with van der Waals surface area (Å²) in [5.74, 6) is 0. The van der Waals surface area contributed by atoms with Gasteiger partial charge >= 0.3 is 0 Å². The van der Waals surface area contributed by atoms with Crippen LogP contribution in [0, 0.1) is 0 Å². The highest BCUT2D eigenvalue weighted by Gasteiger charge is 2.01. The quantitative estimate of drug-likeness (QED) is 0.611. The van der Waals surface area contributed by atoms with Crippen LogP contribution in [0.1, 0.15) is 50.7 Å². The van der Waals surface area contributed by atoms with E-state index in [0.29, 0.717) is 0 Å². The van der Waals surface area contributed by atoms with Crippen LogP contribution in [0.25, 0.3) is 0 Å². The predicted molar refractivity (Wildman–Crippen MR) is 82.5 cm³/mol. The molecule has 1 rings (SSSR count). The molecule has 1 N–H and O–H groups in total. The van der Waals surface area contributed by atoms with Crippen LogP contribution in [-0.4, -0.2) is 19.7 Å². The minimum absolute atomic E-state index is 0.758. The van der Waals surface area contributed by atoms with Crippen molar-refractivity contribution in [2.45, 2.75) is 52.6 Å². The monoisotopic (exact) mass is 263 g/mol. The maximum absolute atomic E-state index is 5.79. The molecule has 2 nitrogen and oxygen atoms in total. The van der Waals surface area contributed by atoms with Crippen molar-refractivity contribution in [1.82, 2.24) is 5.32 Å². The predicted octanol–water partition coefficient (Wildman–Crippen LogP) is 3.94. The summed E-state index contributed by atoms with van der Waals surface area (Å²) in [6.45, 7) is 8.11. The first-order valence-electron chi connectivity index (χ1n) is 7.73. The normalized spacial score (nSPS) is 10.8. The Kier molecular flexibility index (Phi) is 9.38. The molecule has 0 aromatic heterocycles. The molecule has 108 valence electrons. The molecule has 0 unspecified atom stereocenters. The van der Waals surface area contributed by atoms with Crippen molar-refractivity contribution >= 4 is 0 Å². The highest BCUT2D eigenvalue weighted by atomic mass is 16.5. The molecule has 0 aliphatic rings. The van der Waals surface area contributed by atoms with Gasteiger partial charge in [0.05, 0.1) is 6.61 Å². The van der Waals surface area contributed by atoms with E-state index in [1.807, 2.05) is 0 Å². The molecule has 0 spiro atoms. The van der Waals surface area contributed by atoms with E-state index in [2.05, 4.69) is 43.4 Å². The second-order valence-electron chi connectivity index (χ2n) is 4.99. The molecule has 0 aliphatic heterocycles. The Morgan fingerprint density at radius 1 is 1.00 bits per heavy atom. The molecule has 0 heterocycles. The number of hydrogen-bond donors (Lipinski definition) is 1. The molecule has 0 aliphatic carbocycles. The third-order valence-electron chi connectivity index (χ3n) is 3.34. The van der Waals surface area contributed by atoms with Gasteiger partial charge in [-0.2, -0.15) is 0 Å². The van der Waals surface area contributed by atoms with Crippen LogP contribution in [0.15, 0.2) is 24.3 Å². The number of benzene rings is 1. The van der Waals surface area contributed by atoms with Crippen molar-refractivity contribution in [2.24, 2.45) is 0 Å². The Hall–Kier alpha value is -0.860. The van der Waals surface area contributed by atoms with Gasteiger partial charge in [0, 0.05) is 6.61 Å². The van der Waals surface area contributed by atoms with Crippen molar-refractivity contribution in [3.05, 3.63) is 35.4 Å². The molecule has 0 saturated heterocycles. The van der Waals surface area contributed by atoms with Gasteiger partial charge in [-0.25, -0.2) is 0 Å². The molecular formula is C17H29NO.